The fourth-order valence-electron chi connectivity index (χ4n) is 1.13. The highest BCUT2D eigenvalue weighted by Crippen LogP contribution is 2.11. The molecule has 98 valence electrons. The van der Waals surface area contributed by atoms with Crippen molar-refractivity contribution in [2.24, 2.45) is 0 Å². The first-order valence-electron chi connectivity index (χ1n) is 5.18. The van der Waals surface area contributed by atoms with Crippen molar-refractivity contribution in [3.63, 3.8) is 0 Å². The predicted molar refractivity (Wildman–Crippen MR) is 76.3 cm³/mol. The Hall–Kier alpha value is -1.63. The van der Waals surface area contributed by atoms with Gasteiger partial charge in [0.15, 0.2) is 0 Å². The Morgan fingerprint density at radius 2 is 1.37 bits per heavy atom. The van der Waals surface area contributed by atoms with Crippen LogP contribution in [0.5, 0.6) is 0 Å². The van der Waals surface area contributed by atoms with E-state index in [0.29, 0.717) is 27.3 Å². The van der Waals surface area contributed by atoms with Crippen molar-refractivity contribution in [1.29, 1.82) is 0 Å². The zero-order valence-corrected chi connectivity index (χ0v) is 11.8. The van der Waals surface area contributed by atoms with Crippen LogP contribution in [-0.2, 0) is 0 Å². The molecule has 2 rings (SSSR count). The topological polar surface area (TPSA) is 34.1 Å². The highest BCUT2D eigenvalue weighted by molar-refractivity contribution is 14.1. The third-order valence-electron chi connectivity index (χ3n) is 2.09. The van der Waals surface area contributed by atoms with Crippen LogP contribution >= 0.6 is 22.6 Å². The molecule has 0 unspecified atom stereocenters. The minimum Gasteiger partial charge on any atom is -0.298 e. The molecule has 0 saturated heterocycles. The van der Waals surface area contributed by atoms with Crippen molar-refractivity contribution in [2.45, 2.75) is 0 Å². The molecule has 0 aromatic heterocycles. The molecule has 0 bridgehead atoms. The Bertz CT molecular complexity index is 568. The van der Waals surface area contributed by atoms with Crippen LogP contribution in [0.25, 0.3) is 0 Å². The average molecular weight is 374 g/mol. The zero-order chi connectivity index (χ0) is 14.3. The van der Waals surface area contributed by atoms with Gasteiger partial charge in [-0.2, -0.15) is 0 Å². The molecule has 0 amide bonds. The summed E-state index contributed by atoms with van der Waals surface area (Å²) in [5.41, 5.74) is 1.00. The van der Waals surface area contributed by atoms with Gasteiger partial charge in [-0.1, -0.05) is 0 Å². The van der Waals surface area contributed by atoms with Crippen LogP contribution in [0.4, 0.5) is 8.78 Å². The first kappa shape index (κ1) is 15.4. The van der Waals surface area contributed by atoms with Gasteiger partial charge in [-0.05, 0) is 65.1 Å². The maximum atomic E-state index is 12.5. The first-order valence-corrected chi connectivity index (χ1v) is 6.25. The lowest BCUT2D eigenvalue weighted by Gasteiger charge is -1.92. The number of carbonyl (C=O) groups excluding carboxylic acids is 2. The molecule has 0 aliphatic carbocycles. The fourth-order valence-corrected chi connectivity index (χ4v) is 1.67. The Balaban J connectivity index is 0.000000191. The van der Waals surface area contributed by atoms with E-state index in [4.69, 9.17) is 0 Å². The molecule has 0 saturated carbocycles. The van der Waals surface area contributed by atoms with Gasteiger partial charge in [0.1, 0.15) is 24.2 Å². The minimum atomic E-state index is -0.319. The van der Waals surface area contributed by atoms with Crippen LogP contribution in [0.1, 0.15) is 20.7 Å². The van der Waals surface area contributed by atoms with Crippen LogP contribution < -0.4 is 0 Å². The maximum Gasteiger partial charge on any atom is 0.150 e. The summed E-state index contributed by atoms with van der Waals surface area (Å²) in [6, 6.07) is 9.61. The van der Waals surface area contributed by atoms with Crippen molar-refractivity contribution >= 4 is 35.2 Å². The van der Waals surface area contributed by atoms with Crippen molar-refractivity contribution < 1.29 is 18.4 Å². The molecule has 0 N–H and O–H groups in total. The number of halogens is 3. The van der Waals surface area contributed by atoms with E-state index in [2.05, 4.69) is 0 Å². The predicted octanol–water partition coefficient (Wildman–Crippen LogP) is 3.88. The second-order valence-electron chi connectivity index (χ2n) is 3.46. The Morgan fingerprint density at radius 3 is 1.84 bits per heavy atom. The van der Waals surface area contributed by atoms with E-state index >= 15 is 0 Å². The van der Waals surface area contributed by atoms with E-state index in [1.807, 2.05) is 22.6 Å². The summed E-state index contributed by atoms with van der Waals surface area (Å²) < 4.78 is 25.1. The van der Waals surface area contributed by atoms with Gasteiger partial charge in [-0.3, -0.25) is 9.59 Å². The van der Waals surface area contributed by atoms with Crippen molar-refractivity contribution in [3.8, 4) is 0 Å². The molecule has 2 nitrogen and oxygen atoms in total. The molecule has 0 fully saturated rings. The molecule has 19 heavy (non-hydrogen) atoms. The van der Waals surface area contributed by atoms with Gasteiger partial charge in [-0.15, -0.1) is 0 Å². The van der Waals surface area contributed by atoms with Crippen LogP contribution in [0.3, 0.4) is 0 Å². The van der Waals surface area contributed by atoms with E-state index in [-0.39, 0.29) is 11.6 Å². The first-order chi connectivity index (χ1) is 9.06. The van der Waals surface area contributed by atoms with E-state index in [9.17, 15) is 18.4 Å². The molecule has 0 heterocycles. The summed E-state index contributed by atoms with van der Waals surface area (Å²) in [7, 11) is 0. The highest BCUT2D eigenvalue weighted by atomic mass is 127. The Labute approximate surface area is 122 Å². The second kappa shape index (κ2) is 7.73. The smallest absolute Gasteiger partial charge is 0.150 e. The summed E-state index contributed by atoms with van der Waals surface area (Å²) in [6.07, 6.45) is 1.38. The summed E-state index contributed by atoms with van der Waals surface area (Å²) >= 11 is 1.84. The molecule has 2 aromatic rings. The van der Waals surface area contributed by atoms with Crippen molar-refractivity contribution in [2.75, 3.05) is 0 Å². The van der Waals surface area contributed by atoms with Gasteiger partial charge in [-0.25, -0.2) is 8.78 Å². The molecule has 2 aromatic carbocycles. The third-order valence-corrected chi connectivity index (χ3v) is 2.91. The fraction of sp³-hybridized carbons (Fsp3) is 0. The van der Waals surface area contributed by atoms with Crippen molar-refractivity contribution in [3.05, 3.63) is 68.8 Å². The largest absolute Gasteiger partial charge is 0.298 e. The molecule has 0 atom stereocenters. The van der Waals surface area contributed by atoms with E-state index < -0.39 is 0 Å². The molecular weight excluding hydrogens is 365 g/mol. The molecule has 0 radical (unpaired) electrons. The van der Waals surface area contributed by atoms with Crippen LogP contribution in [0.15, 0.2) is 42.5 Å². The highest BCUT2D eigenvalue weighted by Gasteiger charge is 1.97. The zero-order valence-electron chi connectivity index (χ0n) is 9.65. The number of benzene rings is 2. The van der Waals surface area contributed by atoms with Gasteiger partial charge >= 0.3 is 0 Å². The van der Waals surface area contributed by atoms with Crippen LogP contribution in [0, 0.1) is 15.2 Å². The van der Waals surface area contributed by atoms with Crippen LogP contribution in [0.2, 0.25) is 0 Å². The number of rotatable bonds is 2. The monoisotopic (exact) mass is 374 g/mol. The second-order valence-corrected chi connectivity index (χ2v) is 4.62. The maximum absolute atomic E-state index is 12.5. The van der Waals surface area contributed by atoms with Crippen LogP contribution in [-0.4, -0.2) is 12.6 Å². The summed E-state index contributed by atoms with van der Waals surface area (Å²) in [6.45, 7) is 0. The molecule has 0 aliphatic rings. The molecule has 0 aliphatic heterocycles. The van der Waals surface area contributed by atoms with Gasteiger partial charge in [0.2, 0.25) is 0 Å². The lowest BCUT2D eigenvalue weighted by Crippen LogP contribution is -1.84. The molecule has 5 heteroatoms. The lowest BCUT2D eigenvalue weighted by atomic mass is 10.2. The summed E-state index contributed by atoms with van der Waals surface area (Å²) in [5.74, 6) is -0.605. The van der Waals surface area contributed by atoms with E-state index in [0.717, 1.165) is 0 Å². The third kappa shape index (κ3) is 5.25. The Morgan fingerprint density at radius 1 is 0.842 bits per heavy atom. The molecule has 0 spiro atoms. The normalized spacial score (nSPS) is 9.21. The van der Waals surface area contributed by atoms with Gasteiger partial charge in [0.25, 0.3) is 0 Å². The van der Waals surface area contributed by atoms with Gasteiger partial charge in [0.05, 0.1) is 0 Å². The Kier molecular flexibility index (Phi) is 6.27. The number of carbonyl (C=O) groups is 2. The quantitative estimate of drug-likeness (QED) is 0.591. The average Bonchev–Trinajstić information content (AvgIpc) is 2.43. The van der Waals surface area contributed by atoms with E-state index in [1.54, 1.807) is 0 Å². The number of aldehydes is 2. The van der Waals surface area contributed by atoms with E-state index in [1.165, 1.54) is 42.5 Å². The number of hydrogen-bond acceptors (Lipinski definition) is 2. The summed E-state index contributed by atoms with van der Waals surface area (Å²) in [4.78, 5) is 20.1. The minimum absolute atomic E-state index is 0.286. The SMILES string of the molecule is O=Cc1ccc(F)c(I)c1.O=Cc1ccc(F)cc1. The molecular formula is C14H9F2IO2. The van der Waals surface area contributed by atoms with Crippen molar-refractivity contribution in [1.82, 2.24) is 0 Å². The van der Waals surface area contributed by atoms with Gasteiger partial charge in [0, 0.05) is 14.7 Å². The lowest BCUT2D eigenvalue weighted by molar-refractivity contribution is 0.111. The standard InChI is InChI=1S/C7H4FIO.C7H5FO/c8-6-2-1-5(4-10)3-7(6)9;8-7-3-1-6(5-9)2-4-7/h1-4H;1-5H. The summed E-state index contributed by atoms with van der Waals surface area (Å²) in [5, 5.41) is 0. The van der Waals surface area contributed by atoms with Gasteiger partial charge < -0.3 is 0 Å². The number of hydrogen-bond donors (Lipinski definition) is 0.